The molecule has 0 aliphatic heterocycles. The predicted molar refractivity (Wildman–Crippen MR) is 59.4 cm³/mol. The molecular formula is C8H2N8OS. The molecule has 0 aromatic carbocycles. The van der Waals surface area contributed by atoms with E-state index in [0.29, 0.717) is 33.8 Å². The molecule has 0 amide bonds. The smallest absolute Gasteiger partial charge is 0.227 e. The summed E-state index contributed by atoms with van der Waals surface area (Å²) in [5, 5.41) is 7.38. The molecule has 0 atom stereocenters. The molecule has 18 heavy (non-hydrogen) atoms. The zero-order valence-corrected chi connectivity index (χ0v) is 9.37. The van der Waals surface area contributed by atoms with Gasteiger partial charge in [-0.3, -0.25) is 0 Å². The van der Waals surface area contributed by atoms with Crippen LogP contribution < -0.4 is 0 Å². The van der Waals surface area contributed by atoms with Crippen LogP contribution in [-0.2, 0) is 0 Å². The van der Waals surface area contributed by atoms with Gasteiger partial charge in [0.1, 0.15) is 17.5 Å². The van der Waals surface area contributed by atoms with Gasteiger partial charge in [-0.15, -0.1) is 0 Å². The lowest BCUT2D eigenvalue weighted by Crippen LogP contribution is -1.94. The lowest BCUT2D eigenvalue weighted by atomic mass is 10.3. The highest BCUT2D eigenvalue weighted by molar-refractivity contribution is 7.00. The third-order valence-electron chi connectivity index (χ3n) is 2.29. The molecule has 0 aliphatic rings. The van der Waals surface area contributed by atoms with Gasteiger partial charge in [-0.05, 0) is 10.3 Å². The minimum atomic E-state index is 0.361. The van der Waals surface area contributed by atoms with Gasteiger partial charge in [0.15, 0.2) is 17.0 Å². The number of hydrogen-bond acceptors (Lipinski definition) is 10. The topological polar surface area (TPSA) is 116 Å². The first-order valence-electron chi connectivity index (χ1n) is 4.81. The van der Waals surface area contributed by atoms with Gasteiger partial charge in [0.05, 0.1) is 17.9 Å². The molecule has 0 radical (unpaired) electrons. The van der Waals surface area contributed by atoms with E-state index in [1.807, 2.05) is 0 Å². The summed E-state index contributed by atoms with van der Waals surface area (Å²) in [6.45, 7) is 0. The lowest BCUT2D eigenvalue weighted by Gasteiger charge is -1.96. The lowest BCUT2D eigenvalue weighted by molar-refractivity contribution is 0.315. The largest absolute Gasteiger partial charge is 0.242 e. The van der Waals surface area contributed by atoms with Crippen LogP contribution >= 0.6 is 11.7 Å². The van der Waals surface area contributed by atoms with Crippen molar-refractivity contribution in [1.82, 2.24) is 39.0 Å². The molecule has 0 unspecified atom stereocenters. The number of nitrogens with zero attached hydrogens (tertiary/aromatic N) is 8. The fourth-order valence-electron chi connectivity index (χ4n) is 1.50. The quantitative estimate of drug-likeness (QED) is 0.480. The van der Waals surface area contributed by atoms with Crippen LogP contribution in [0.5, 0.6) is 0 Å². The molecule has 0 N–H and O–H groups in total. The van der Waals surface area contributed by atoms with Gasteiger partial charge in [-0.2, -0.15) is 8.75 Å². The Morgan fingerprint density at radius 2 is 2.00 bits per heavy atom. The molecule has 4 aromatic heterocycles. The highest BCUT2D eigenvalue weighted by atomic mass is 32.1. The summed E-state index contributed by atoms with van der Waals surface area (Å²) in [4.78, 5) is 16.5. The zero-order chi connectivity index (χ0) is 11.9. The number of rotatable bonds is 1. The van der Waals surface area contributed by atoms with Crippen LogP contribution in [0.1, 0.15) is 0 Å². The maximum atomic E-state index is 4.62. The maximum Gasteiger partial charge on any atom is 0.227 e. The van der Waals surface area contributed by atoms with E-state index in [9.17, 15) is 0 Å². The minimum absolute atomic E-state index is 0.361. The normalized spacial score (nSPS) is 11.3. The van der Waals surface area contributed by atoms with Crippen molar-refractivity contribution in [1.29, 1.82) is 0 Å². The Hall–Kier alpha value is -2.62. The number of fused-ring (bicyclic) bond motifs is 2. The summed E-state index contributed by atoms with van der Waals surface area (Å²) in [7, 11) is 0. The predicted octanol–water partition coefficient (Wildman–Crippen LogP) is 0.474. The van der Waals surface area contributed by atoms with E-state index >= 15 is 0 Å². The second-order valence-corrected chi connectivity index (χ2v) is 3.85. The van der Waals surface area contributed by atoms with Gasteiger partial charge in [-0.25, -0.2) is 24.6 Å². The molecule has 0 aliphatic carbocycles. The Kier molecular flexibility index (Phi) is 1.80. The van der Waals surface area contributed by atoms with Gasteiger partial charge < -0.3 is 0 Å². The van der Waals surface area contributed by atoms with Crippen molar-refractivity contribution in [3.05, 3.63) is 12.5 Å². The van der Waals surface area contributed by atoms with Crippen LogP contribution in [0.25, 0.3) is 33.8 Å². The van der Waals surface area contributed by atoms with Crippen LogP contribution in [0, 0.1) is 0 Å². The van der Waals surface area contributed by atoms with E-state index in [2.05, 4.69) is 43.6 Å². The summed E-state index contributed by atoms with van der Waals surface area (Å²) >= 11 is 1.08. The Labute approximate surface area is 102 Å². The van der Waals surface area contributed by atoms with Crippen molar-refractivity contribution in [2.45, 2.75) is 0 Å². The second-order valence-electron chi connectivity index (χ2n) is 3.33. The SMILES string of the molecule is c1nc(-c2ncc3nsnc3n2)c2nonc2n1. The maximum absolute atomic E-state index is 4.62. The molecule has 0 saturated carbocycles. The van der Waals surface area contributed by atoms with E-state index in [1.165, 1.54) is 6.33 Å². The Balaban J connectivity index is 2.03. The van der Waals surface area contributed by atoms with Crippen molar-refractivity contribution in [3.8, 4) is 11.5 Å². The summed E-state index contributed by atoms with van der Waals surface area (Å²) < 4.78 is 12.7. The van der Waals surface area contributed by atoms with E-state index in [0.717, 1.165) is 11.7 Å². The van der Waals surface area contributed by atoms with Crippen molar-refractivity contribution in [2.75, 3.05) is 0 Å². The summed E-state index contributed by atoms with van der Waals surface area (Å²) in [6.07, 6.45) is 2.94. The Bertz CT molecular complexity index is 854. The molecule has 4 rings (SSSR count). The fraction of sp³-hybridized carbons (Fsp3) is 0. The zero-order valence-electron chi connectivity index (χ0n) is 8.55. The van der Waals surface area contributed by atoms with E-state index in [-0.39, 0.29) is 0 Å². The number of hydrogen-bond donors (Lipinski definition) is 0. The first kappa shape index (κ1) is 9.41. The van der Waals surface area contributed by atoms with E-state index in [4.69, 9.17) is 0 Å². The highest BCUT2D eigenvalue weighted by Crippen LogP contribution is 2.20. The monoisotopic (exact) mass is 258 g/mol. The van der Waals surface area contributed by atoms with Crippen molar-refractivity contribution in [2.24, 2.45) is 0 Å². The molecule has 0 fully saturated rings. The van der Waals surface area contributed by atoms with Gasteiger partial charge in [-0.1, -0.05) is 0 Å². The second kappa shape index (κ2) is 3.43. The Morgan fingerprint density at radius 1 is 1.00 bits per heavy atom. The van der Waals surface area contributed by atoms with Crippen LogP contribution in [-0.4, -0.2) is 39.0 Å². The van der Waals surface area contributed by atoms with Crippen LogP contribution in [0.4, 0.5) is 0 Å². The van der Waals surface area contributed by atoms with Gasteiger partial charge in [0, 0.05) is 0 Å². The van der Waals surface area contributed by atoms with Gasteiger partial charge in [0.2, 0.25) is 5.65 Å². The first-order valence-corrected chi connectivity index (χ1v) is 5.54. The van der Waals surface area contributed by atoms with Crippen molar-refractivity contribution < 1.29 is 4.63 Å². The molecule has 86 valence electrons. The van der Waals surface area contributed by atoms with E-state index in [1.54, 1.807) is 6.20 Å². The molecular weight excluding hydrogens is 256 g/mol. The fourth-order valence-corrected chi connectivity index (χ4v) is 1.97. The molecule has 10 heteroatoms. The van der Waals surface area contributed by atoms with Gasteiger partial charge >= 0.3 is 0 Å². The van der Waals surface area contributed by atoms with Crippen molar-refractivity contribution in [3.63, 3.8) is 0 Å². The summed E-state index contributed by atoms with van der Waals surface area (Å²) in [6, 6.07) is 0. The molecule has 0 bridgehead atoms. The minimum Gasteiger partial charge on any atom is -0.242 e. The molecule has 4 heterocycles. The molecule has 0 spiro atoms. The molecule has 0 saturated heterocycles. The van der Waals surface area contributed by atoms with Crippen LogP contribution in [0.3, 0.4) is 0 Å². The Morgan fingerprint density at radius 3 is 3.00 bits per heavy atom. The summed E-state index contributed by atoms with van der Waals surface area (Å²) in [5.41, 5.74) is 2.40. The van der Waals surface area contributed by atoms with Gasteiger partial charge in [0.25, 0.3) is 0 Å². The average Bonchev–Trinajstić information content (AvgIpc) is 3.05. The van der Waals surface area contributed by atoms with Crippen LogP contribution in [0.15, 0.2) is 17.2 Å². The van der Waals surface area contributed by atoms with E-state index < -0.39 is 0 Å². The standard InChI is InChI=1S/C8H2N8OS/c1-3-6(16-18-15-3)12-7(9-1)4-5-8(11-2-10-4)14-17-13-5/h1-2H. The average molecular weight is 258 g/mol. The van der Waals surface area contributed by atoms with Crippen molar-refractivity contribution >= 4 is 34.1 Å². The molecule has 4 aromatic rings. The number of aromatic nitrogens is 8. The third kappa shape index (κ3) is 1.26. The molecule has 9 nitrogen and oxygen atoms in total. The summed E-state index contributed by atoms with van der Waals surface area (Å²) in [5.74, 6) is 0.387. The third-order valence-corrected chi connectivity index (χ3v) is 2.82. The first-order chi connectivity index (χ1) is 8.92. The van der Waals surface area contributed by atoms with Crippen LogP contribution in [0.2, 0.25) is 0 Å². The highest BCUT2D eigenvalue weighted by Gasteiger charge is 2.14.